The van der Waals surface area contributed by atoms with Gasteiger partial charge in [0.2, 0.25) is 0 Å². The van der Waals surface area contributed by atoms with Crippen LogP contribution in [0.1, 0.15) is 23.7 Å². The zero-order valence-corrected chi connectivity index (χ0v) is 12.5. The highest BCUT2D eigenvalue weighted by Gasteiger charge is 2.07. The van der Waals surface area contributed by atoms with Crippen molar-refractivity contribution in [2.75, 3.05) is 19.0 Å². The second kappa shape index (κ2) is 6.48. The van der Waals surface area contributed by atoms with E-state index in [1.165, 1.54) is 11.1 Å². The molecule has 0 aliphatic rings. The van der Waals surface area contributed by atoms with Gasteiger partial charge in [0, 0.05) is 25.3 Å². The molecule has 1 N–H and O–H groups in total. The van der Waals surface area contributed by atoms with Gasteiger partial charge in [0.1, 0.15) is 5.82 Å². The Hall–Kier alpha value is -1.94. The Morgan fingerprint density at radius 2 is 1.75 bits per heavy atom. The standard InChI is InChI=1S/C16H21N3O/c1-5-17-15-9-14(10-20-4)18-16(19-15)13-7-11(2)6-12(3)8-13/h6-9H,5,10H2,1-4H3,(H,17,18,19). The van der Waals surface area contributed by atoms with E-state index in [1.807, 2.05) is 6.07 Å². The summed E-state index contributed by atoms with van der Waals surface area (Å²) < 4.78 is 5.18. The second-order valence-electron chi connectivity index (χ2n) is 4.91. The third kappa shape index (κ3) is 3.54. The molecule has 0 saturated carbocycles. The van der Waals surface area contributed by atoms with Gasteiger partial charge in [-0.25, -0.2) is 9.97 Å². The summed E-state index contributed by atoms with van der Waals surface area (Å²) in [5.41, 5.74) is 4.35. The molecule has 1 aromatic heterocycles. The van der Waals surface area contributed by atoms with Crippen LogP contribution in [-0.4, -0.2) is 23.6 Å². The molecular formula is C16H21N3O. The highest BCUT2D eigenvalue weighted by atomic mass is 16.5. The molecule has 0 atom stereocenters. The number of hydrogen-bond donors (Lipinski definition) is 1. The number of ether oxygens (including phenoxy) is 1. The molecule has 0 radical (unpaired) electrons. The molecule has 2 aromatic rings. The molecule has 1 heterocycles. The molecule has 0 amide bonds. The van der Waals surface area contributed by atoms with Gasteiger partial charge < -0.3 is 10.1 Å². The van der Waals surface area contributed by atoms with Gasteiger partial charge in [-0.1, -0.05) is 17.2 Å². The lowest BCUT2D eigenvalue weighted by Gasteiger charge is -2.10. The maximum Gasteiger partial charge on any atom is 0.161 e. The number of methoxy groups -OCH3 is 1. The van der Waals surface area contributed by atoms with Crippen molar-refractivity contribution in [2.24, 2.45) is 0 Å². The molecule has 0 aliphatic heterocycles. The summed E-state index contributed by atoms with van der Waals surface area (Å²) in [5.74, 6) is 1.58. The van der Waals surface area contributed by atoms with Crippen LogP contribution >= 0.6 is 0 Å². The molecule has 0 spiro atoms. The van der Waals surface area contributed by atoms with Gasteiger partial charge in [0.25, 0.3) is 0 Å². The van der Waals surface area contributed by atoms with E-state index in [-0.39, 0.29) is 0 Å². The van der Waals surface area contributed by atoms with Crippen molar-refractivity contribution in [1.82, 2.24) is 9.97 Å². The average molecular weight is 271 g/mol. The average Bonchev–Trinajstić information content (AvgIpc) is 2.38. The highest BCUT2D eigenvalue weighted by Crippen LogP contribution is 2.21. The van der Waals surface area contributed by atoms with Crippen LogP contribution in [0, 0.1) is 13.8 Å². The van der Waals surface area contributed by atoms with E-state index >= 15 is 0 Å². The highest BCUT2D eigenvalue weighted by molar-refractivity contribution is 5.59. The number of rotatable bonds is 5. The molecule has 20 heavy (non-hydrogen) atoms. The van der Waals surface area contributed by atoms with Crippen LogP contribution < -0.4 is 5.32 Å². The minimum atomic E-state index is 0.485. The lowest BCUT2D eigenvalue weighted by atomic mass is 10.1. The van der Waals surface area contributed by atoms with Crippen LogP contribution in [0.2, 0.25) is 0 Å². The summed E-state index contributed by atoms with van der Waals surface area (Å²) in [5, 5.41) is 3.24. The monoisotopic (exact) mass is 271 g/mol. The van der Waals surface area contributed by atoms with Gasteiger partial charge in [0.05, 0.1) is 12.3 Å². The second-order valence-corrected chi connectivity index (χ2v) is 4.91. The molecule has 4 nitrogen and oxygen atoms in total. The maximum atomic E-state index is 5.18. The molecule has 0 bridgehead atoms. The quantitative estimate of drug-likeness (QED) is 0.906. The first kappa shape index (κ1) is 14.5. The molecular weight excluding hydrogens is 250 g/mol. The number of aryl methyl sites for hydroxylation is 2. The first-order valence-electron chi connectivity index (χ1n) is 6.81. The van der Waals surface area contributed by atoms with Crippen molar-refractivity contribution in [1.29, 1.82) is 0 Å². The topological polar surface area (TPSA) is 47.0 Å². The van der Waals surface area contributed by atoms with Crippen molar-refractivity contribution < 1.29 is 4.74 Å². The Labute approximate surface area is 120 Å². The third-order valence-corrected chi connectivity index (χ3v) is 2.91. The van der Waals surface area contributed by atoms with Crippen LogP contribution in [0.15, 0.2) is 24.3 Å². The molecule has 0 saturated heterocycles. The summed E-state index contributed by atoms with van der Waals surface area (Å²) in [6.45, 7) is 7.53. The smallest absolute Gasteiger partial charge is 0.161 e. The van der Waals surface area contributed by atoms with Crippen molar-refractivity contribution in [3.05, 3.63) is 41.1 Å². The summed E-state index contributed by atoms with van der Waals surface area (Å²) in [6.07, 6.45) is 0. The van der Waals surface area contributed by atoms with Gasteiger partial charge in [-0.3, -0.25) is 0 Å². The van der Waals surface area contributed by atoms with Crippen LogP contribution in [0.5, 0.6) is 0 Å². The Morgan fingerprint density at radius 1 is 1.05 bits per heavy atom. The SMILES string of the molecule is CCNc1cc(COC)nc(-c2cc(C)cc(C)c2)n1. The molecule has 1 aromatic carbocycles. The largest absolute Gasteiger partial charge is 0.378 e. The molecule has 0 fully saturated rings. The van der Waals surface area contributed by atoms with Crippen LogP contribution in [-0.2, 0) is 11.3 Å². The number of anilines is 1. The van der Waals surface area contributed by atoms with Gasteiger partial charge >= 0.3 is 0 Å². The summed E-state index contributed by atoms with van der Waals surface area (Å²) in [4.78, 5) is 9.16. The molecule has 4 heteroatoms. The Kier molecular flexibility index (Phi) is 4.69. The predicted molar refractivity (Wildman–Crippen MR) is 81.8 cm³/mol. The van der Waals surface area contributed by atoms with E-state index in [4.69, 9.17) is 4.74 Å². The summed E-state index contributed by atoms with van der Waals surface area (Å²) in [7, 11) is 1.67. The van der Waals surface area contributed by atoms with E-state index in [2.05, 4.69) is 54.3 Å². The molecule has 0 aliphatic carbocycles. The number of hydrogen-bond acceptors (Lipinski definition) is 4. The van der Waals surface area contributed by atoms with E-state index in [9.17, 15) is 0 Å². The van der Waals surface area contributed by atoms with Crippen molar-refractivity contribution in [3.8, 4) is 11.4 Å². The lowest BCUT2D eigenvalue weighted by molar-refractivity contribution is 0.181. The fourth-order valence-electron chi connectivity index (χ4n) is 2.22. The van der Waals surface area contributed by atoms with E-state index < -0.39 is 0 Å². The van der Waals surface area contributed by atoms with Crippen LogP contribution in [0.3, 0.4) is 0 Å². The molecule has 106 valence electrons. The Balaban J connectivity index is 2.48. The molecule has 0 unspecified atom stereocenters. The zero-order valence-electron chi connectivity index (χ0n) is 12.5. The summed E-state index contributed by atoms with van der Waals surface area (Å²) in [6, 6.07) is 8.29. The zero-order chi connectivity index (χ0) is 14.5. The van der Waals surface area contributed by atoms with E-state index in [1.54, 1.807) is 7.11 Å². The van der Waals surface area contributed by atoms with E-state index in [0.29, 0.717) is 6.61 Å². The predicted octanol–water partition coefficient (Wildman–Crippen LogP) is 3.34. The van der Waals surface area contributed by atoms with Gasteiger partial charge in [-0.05, 0) is 32.9 Å². The first-order chi connectivity index (χ1) is 9.62. The van der Waals surface area contributed by atoms with Gasteiger partial charge in [-0.15, -0.1) is 0 Å². The fourth-order valence-corrected chi connectivity index (χ4v) is 2.22. The van der Waals surface area contributed by atoms with Gasteiger partial charge in [-0.2, -0.15) is 0 Å². The van der Waals surface area contributed by atoms with Crippen LogP contribution in [0.25, 0.3) is 11.4 Å². The molecule has 2 rings (SSSR count). The van der Waals surface area contributed by atoms with Crippen molar-refractivity contribution in [3.63, 3.8) is 0 Å². The lowest BCUT2D eigenvalue weighted by Crippen LogP contribution is -2.05. The number of nitrogens with one attached hydrogen (secondary N) is 1. The van der Waals surface area contributed by atoms with Crippen molar-refractivity contribution in [2.45, 2.75) is 27.4 Å². The van der Waals surface area contributed by atoms with Gasteiger partial charge in [0.15, 0.2) is 5.82 Å². The van der Waals surface area contributed by atoms with Crippen LogP contribution in [0.4, 0.5) is 5.82 Å². The normalized spacial score (nSPS) is 10.6. The number of nitrogens with zero attached hydrogens (tertiary/aromatic N) is 2. The number of benzene rings is 1. The van der Waals surface area contributed by atoms with Crippen molar-refractivity contribution >= 4 is 5.82 Å². The Bertz CT molecular complexity index is 552. The Morgan fingerprint density at radius 3 is 2.35 bits per heavy atom. The first-order valence-corrected chi connectivity index (χ1v) is 6.81. The summed E-state index contributed by atoms with van der Waals surface area (Å²) >= 11 is 0. The van der Waals surface area contributed by atoms with E-state index in [0.717, 1.165) is 29.4 Å². The minimum Gasteiger partial charge on any atom is -0.378 e. The maximum absolute atomic E-state index is 5.18. The fraction of sp³-hybridized carbons (Fsp3) is 0.375. The minimum absolute atomic E-state index is 0.485. The third-order valence-electron chi connectivity index (χ3n) is 2.91. The number of aromatic nitrogens is 2.